The zero-order valence-electron chi connectivity index (χ0n) is 6.97. The van der Waals surface area contributed by atoms with Crippen LogP contribution in [0.15, 0.2) is 0 Å². The van der Waals surface area contributed by atoms with Gasteiger partial charge in [-0.25, -0.2) is 0 Å². The highest BCUT2D eigenvalue weighted by Crippen LogP contribution is 2.36. The molecule has 0 rings (SSSR count). The summed E-state index contributed by atoms with van der Waals surface area (Å²) in [7, 11) is 0. The van der Waals surface area contributed by atoms with E-state index in [1.807, 2.05) is 0 Å². The summed E-state index contributed by atoms with van der Waals surface area (Å²) in [6, 6.07) is 0. The van der Waals surface area contributed by atoms with Crippen molar-refractivity contribution in [1.29, 1.82) is 0 Å². The molecule has 0 spiro atoms. The summed E-state index contributed by atoms with van der Waals surface area (Å²) in [5, 5.41) is 0. The molecule has 0 aromatic carbocycles. The quantitative estimate of drug-likeness (QED) is 0.642. The van der Waals surface area contributed by atoms with E-state index in [1.165, 1.54) is 0 Å². The van der Waals surface area contributed by atoms with Crippen LogP contribution < -0.4 is 0 Å². The molecule has 0 aromatic heterocycles. The van der Waals surface area contributed by atoms with Crippen molar-refractivity contribution in [3.8, 4) is 0 Å². The second-order valence-corrected chi connectivity index (χ2v) is 5.59. The van der Waals surface area contributed by atoms with Crippen LogP contribution in [-0.2, 0) is 0 Å². The Balaban J connectivity index is 3.70. The van der Waals surface area contributed by atoms with Gasteiger partial charge in [0.1, 0.15) is 0 Å². The molecule has 0 saturated heterocycles. The average Bonchev–Trinajstić information content (AvgIpc) is 1.78. The lowest BCUT2D eigenvalue weighted by Crippen LogP contribution is -2.13. The van der Waals surface area contributed by atoms with E-state index in [0.717, 1.165) is 0 Å². The van der Waals surface area contributed by atoms with Crippen molar-refractivity contribution in [2.45, 2.75) is 36.2 Å². The van der Waals surface area contributed by atoms with Gasteiger partial charge in [0.15, 0.2) is 3.79 Å². The molecule has 0 radical (unpaired) electrons. The highest BCUT2D eigenvalue weighted by Gasteiger charge is 2.29. The van der Waals surface area contributed by atoms with Crippen LogP contribution in [0, 0.1) is 5.92 Å². The maximum absolute atomic E-state index is 11.7. The highest BCUT2D eigenvalue weighted by molar-refractivity contribution is 6.67. The molecule has 0 saturated carbocycles. The fraction of sp³-hybridized carbons (Fsp3) is 1.00. The minimum absolute atomic E-state index is 0.00257. The van der Waals surface area contributed by atoms with Crippen LogP contribution >= 0.6 is 34.8 Å². The van der Waals surface area contributed by atoms with Gasteiger partial charge in [-0.3, -0.25) is 0 Å². The predicted molar refractivity (Wildman–Crippen MR) is 49.4 cm³/mol. The van der Waals surface area contributed by atoms with Gasteiger partial charge in [0.05, 0.1) is 0 Å². The highest BCUT2D eigenvalue weighted by atomic mass is 35.6. The average molecular weight is 258 g/mol. The van der Waals surface area contributed by atoms with E-state index in [2.05, 4.69) is 0 Å². The number of hydrogen-bond donors (Lipinski definition) is 0. The molecule has 0 N–H and O–H groups in total. The Morgan fingerprint density at radius 2 is 1.62 bits per heavy atom. The zero-order chi connectivity index (χ0) is 10.7. The zero-order valence-corrected chi connectivity index (χ0v) is 9.23. The molecule has 80 valence electrons. The molecule has 0 heterocycles. The first kappa shape index (κ1) is 13.7. The Hall–Kier alpha value is 0.660. The Bertz CT molecular complexity index is 150. The van der Waals surface area contributed by atoms with Gasteiger partial charge in [-0.05, 0) is 18.8 Å². The molecule has 6 heteroatoms. The first-order chi connectivity index (χ1) is 5.60. The maximum Gasteiger partial charge on any atom is 0.389 e. The number of alkyl halides is 6. The predicted octanol–water partition coefficient (Wildman–Crippen LogP) is 4.73. The standard InChI is InChI=1S/C7H10Cl3F3/c1-5(4-6(8,9)10)2-3-7(11,12)13/h5H,2-4H2,1H3. The SMILES string of the molecule is CC(CCC(F)(F)F)CC(Cl)(Cl)Cl. The van der Waals surface area contributed by atoms with Crippen LogP contribution in [-0.4, -0.2) is 9.97 Å². The summed E-state index contributed by atoms with van der Waals surface area (Å²) in [4.78, 5) is 0. The number of hydrogen-bond acceptors (Lipinski definition) is 0. The molecule has 0 fully saturated rings. The normalized spacial score (nSPS) is 15.9. The third-order valence-electron chi connectivity index (χ3n) is 1.50. The topological polar surface area (TPSA) is 0 Å². The van der Waals surface area contributed by atoms with Crippen molar-refractivity contribution in [3.05, 3.63) is 0 Å². The van der Waals surface area contributed by atoms with Crippen LogP contribution in [0.1, 0.15) is 26.2 Å². The van der Waals surface area contributed by atoms with Crippen molar-refractivity contribution in [2.24, 2.45) is 5.92 Å². The maximum atomic E-state index is 11.7. The lowest BCUT2D eigenvalue weighted by molar-refractivity contribution is -0.137. The van der Waals surface area contributed by atoms with Crippen LogP contribution in [0.2, 0.25) is 0 Å². The van der Waals surface area contributed by atoms with E-state index in [0.29, 0.717) is 0 Å². The first-order valence-corrected chi connectivity index (χ1v) is 4.87. The lowest BCUT2D eigenvalue weighted by atomic mass is 10.0. The van der Waals surface area contributed by atoms with E-state index < -0.39 is 16.4 Å². The minimum Gasteiger partial charge on any atom is -0.171 e. The molecular formula is C7H10Cl3F3. The molecule has 0 bridgehead atoms. The smallest absolute Gasteiger partial charge is 0.171 e. The monoisotopic (exact) mass is 256 g/mol. The van der Waals surface area contributed by atoms with Crippen LogP contribution in [0.25, 0.3) is 0 Å². The number of halogens is 6. The van der Waals surface area contributed by atoms with Gasteiger partial charge in [0, 0.05) is 6.42 Å². The molecule has 1 unspecified atom stereocenters. The van der Waals surface area contributed by atoms with E-state index in [4.69, 9.17) is 34.8 Å². The van der Waals surface area contributed by atoms with Gasteiger partial charge in [-0.15, -0.1) is 0 Å². The van der Waals surface area contributed by atoms with E-state index in [9.17, 15) is 13.2 Å². The van der Waals surface area contributed by atoms with Gasteiger partial charge in [-0.2, -0.15) is 13.2 Å². The molecule has 0 aliphatic heterocycles. The lowest BCUT2D eigenvalue weighted by Gasteiger charge is -2.17. The van der Waals surface area contributed by atoms with Crippen molar-refractivity contribution in [1.82, 2.24) is 0 Å². The summed E-state index contributed by atoms with van der Waals surface area (Å²) in [6.07, 6.45) is -4.80. The third kappa shape index (κ3) is 10.6. The molecule has 13 heavy (non-hydrogen) atoms. The van der Waals surface area contributed by atoms with Crippen molar-refractivity contribution in [2.75, 3.05) is 0 Å². The van der Waals surface area contributed by atoms with E-state index in [1.54, 1.807) is 6.92 Å². The fourth-order valence-electron chi connectivity index (χ4n) is 0.907. The van der Waals surface area contributed by atoms with E-state index >= 15 is 0 Å². The van der Waals surface area contributed by atoms with Crippen molar-refractivity contribution >= 4 is 34.8 Å². The minimum atomic E-state index is -4.12. The fourth-order valence-corrected chi connectivity index (χ4v) is 1.70. The third-order valence-corrected chi connectivity index (χ3v) is 1.96. The van der Waals surface area contributed by atoms with Crippen LogP contribution in [0.4, 0.5) is 13.2 Å². The Morgan fingerprint density at radius 3 is 1.92 bits per heavy atom. The summed E-state index contributed by atoms with van der Waals surface area (Å²) in [5.74, 6) is -0.242. The van der Waals surface area contributed by atoms with Gasteiger partial charge >= 0.3 is 6.18 Å². The molecule has 1 atom stereocenters. The van der Waals surface area contributed by atoms with Gasteiger partial charge < -0.3 is 0 Å². The second kappa shape index (κ2) is 4.94. The van der Waals surface area contributed by atoms with Gasteiger partial charge in [0.2, 0.25) is 0 Å². The summed E-state index contributed by atoms with van der Waals surface area (Å²) < 4.78 is 33.8. The first-order valence-electron chi connectivity index (χ1n) is 3.73. The van der Waals surface area contributed by atoms with Crippen LogP contribution in [0.5, 0.6) is 0 Å². The van der Waals surface area contributed by atoms with Gasteiger partial charge in [0.25, 0.3) is 0 Å². The van der Waals surface area contributed by atoms with E-state index in [-0.39, 0.29) is 18.8 Å². The largest absolute Gasteiger partial charge is 0.389 e. The van der Waals surface area contributed by atoms with Gasteiger partial charge in [-0.1, -0.05) is 41.7 Å². The Kier molecular flexibility index (Phi) is 5.19. The molecule has 0 amide bonds. The van der Waals surface area contributed by atoms with Crippen LogP contribution in [0.3, 0.4) is 0 Å². The Morgan fingerprint density at radius 1 is 1.15 bits per heavy atom. The molecule has 0 nitrogen and oxygen atoms in total. The molecule has 0 aliphatic rings. The Labute approximate surface area is 90.3 Å². The molecule has 0 aromatic rings. The summed E-state index contributed by atoms with van der Waals surface area (Å²) >= 11 is 16.3. The summed E-state index contributed by atoms with van der Waals surface area (Å²) in [5.41, 5.74) is 0. The summed E-state index contributed by atoms with van der Waals surface area (Å²) in [6.45, 7) is 1.63. The molecule has 0 aliphatic carbocycles. The number of rotatable bonds is 3. The molecular weight excluding hydrogens is 247 g/mol. The van der Waals surface area contributed by atoms with Crippen molar-refractivity contribution < 1.29 is 13.2 Å². The van der Waals surface area contributed by atoms with Crippen molar-refractivity contribution in [3.63, 3.8) is 0 Å². The second-order valence-electron chi connectivity index (χ2n) is 3.08.